The maximum atomic E-state index is 8.89. The van der Waals surface area contributed by atoms with Crippen LogP contribution in [-0.4, -0.2) is 34.2 Å². The second-order valence-corrected chi connectivity index (χ2v) is 5.03. The summed E-state index contributed by atoms with van der Waals surface area (Å²) in [6.45, 7) is 2.29. The number of aromatic nitrogens is 1. The summed E-state index contributed by atoms with van der Waals surface area (Å²) in [5.74, 6) is 0. The Bertz CT molecular complexity index is 359. The number of rotatable bonds is 5. The van der Waals surface area contributed by atoms with E-state index in [9.17, 15) is 0 Å². The van der Waals surface area contributed by atoms with Crippen molar-refractivity contribution in [3.8, 4) is 0 Å². The molecule has 94 valence electrons. The molecule has 17 heavy (non-hydrogen) atoms. The van der Waals surface area contributed by atoms with Gasteiger partial charge in [-0.3, -0.25) is 9.88 Å². The molecule has 0 saturated carbocycles. The molecule has 2 rings (SSSR count). The number of nitrogens with zero attached hydrogens (tertiary/aromatic N) is 2. The number of halogens is 1. The predicted molar refractivity (Wildman–Crippen MR) is 69.0 cm³/mol. The summed E-state index contributed by atoms with van der Waals surface area (Å²) < 4.78 is 0. The van der Waals surface area contributed by atoms with Crippen molar-refractivity contribution in [2.75, 3.05) is 13.2 Å². The molecule has 0 aliphatic carbocycles. The fourth-order valence-electron chi connectivity index (χ4n) is 2.50. The van der Waals surface area contributed by atoms with Crippen molar-refractivity contribution in [1.82, 2.24) is 9.88 Å². The zero-order valence-electron chi connectivity index (χ0n) is 9.98. The fraction of sp³-hybridized carbons (Fsp3) is 0.615. The van der Waals surface area contributed by atoms with Crippen LogP contribution >= 0.6 is 11.6 Å². The Hall–Kier alpha value is -0.640. The lowest BCUT2D eigenvalue weighted by Gasteiger charge is -2.23. The zero-order chi connectivity index (χ0) is 12.1. The van der Waals surface area contributed by atoms with Gasteiger partial charge in [0.2, 0.25) is 0 Å². The maximum Gasteiger partial charge on any atom is 0.0558 e. The third-order valence-corrected chi connectivity index (χ3v) is 3.57. The molecule has 1 fully saturated rings. The highest BCUT2D eigenvalue weighted by molar-refractivity contribution is 6.30. The van der Waals surface area contributed by atoms with E-state index in [0.717, 1.165) is 36.6 Å². The highest BCUT2D eigenvalue weighted by atomic mass is 35.5. The minimum absolute atomic E-state index is 0.291. The molecule has 1 unspecified atom stereocenters. The van der Waals surface area contributed by atoms with Gasteiger partial charge in [0.25, 0.3) is 0 Å². The van der Waals surface area contributed by atoms with Crippen LogP contribution in [0.15, 0.2) is 18.3 Å². The average molecular weight is 255 g/mol. The van der Waals surface area contributed by atoms with Gasteiger partial charge in [-0.05, 0) is 44.4 Å². The van der Waals surface area contributed by atoms with Crippen LogP contribution in [0, 0.1) is 0 Å². The number of aliphatic hydroxyl groups excluding tert-OH is 1. The van der Waals surface area contributed by atoms with Gasteiger partial charge in [-0.2, -0.15) is 0 Å². The van der Waals surface area contributed by atoms with Gasteiger partial charge in [0.05, 0.1) is 5.69 Å². The van der Waals surface area contributed by atoms with E-state index >= 15 is 0 Å². The van der Waals surface area contributed by atoms with Crippen LogP contribution in [0.25, 0.3) is 0 Å². The van der Waals surface area contributed by atoms with E-state index in [1.165, 1.54) is 12.8 Å². The highest BCUT2D eigenvalue weighted by Gasteiger charge is 2.24. The SMILES string of the molecule is OCCCC1CCCN1Cc1cc(Cl)ccn1. The van der Waals surface area contributed by atoms with Crippen molar-refractivity contribution in [1.29, 1.82) is 0 Å². The summed E-state index contributed by atoms with van der Waals surface area (Å²) in [5.41, 5.74) is 1.04. The first kappa shape index (κ1) is 12.8. The Balaban J connectivity index is 1.93. The Morgan fingerprint density at radius 1 is 1.53 bits per heavy atom. The molecule has 1 N–H and O–H groups in total. The Morgan fingerprint density at radius 2 is 2.41 bits per heavy atom. The molecule has 0 bridgehead atoms. The van der Waals surface area contributed by atoms with Crippen molar-refractivity contribution in [3.05, 3.63) is 29.0 Å². The van der Waals surface area contributed by atoms with E-state index in [4.69, 9.17) is 16.7 Å². The molecule has 4 heteroatoms. The molecule has 0 radical (unpaired) electrons. The zero-order valence-corrected chi connectivity index (χ0v) is 10.7. The van der Waals surface area contributed by atoms with Crippen molar-refractivity contribution < 1.29 is 5.11 Å². The summed E-state index contributed by atoms with van der Waals surface area (Å²) in [4.78, 5) is 6.79. The number of likely N-dealkylation sites (tertiary alicyclic amines) is 1. The summed E-state index contributed by atoms with van der Waals surface area (Å²) in [6, 6.07) is 4.34. The molecule has 1 aliphatic heterocycles. The van der Waals surface area contributed by atoms with Crippen LogP contribution < -0.4 is 0 Å². The standard InChI is InChI=1S/C13H19ClN2O/c14-11-5-6-15-12(9-11)10-16-7-1-3-13(16)4-2-8-17/h5-6,9,13,17H,1-4,7-8,10H2. The largest absolute Gasteiger partial charge is 0.396 e. The van der Waals surface area contributed by atoms with Crippen LogP contribution in [0.3, 0.4) is 0 Å². The summed E-state index contributed by atoms with van der Waals surface area (Å²) >= 11 is 5.96. The van der Waals surface area contributed by atoms with E-state index in [-0.39, 0.29) is 0 Å². The van der Waals surface area contributed by atoms with Gasteiger partial charge in [0.15, 0.2) is 0 Å². The molecule has 2 heterocycles. The molecule has 0 aromatic carbocycles. The van der Waals surface area contributed by atoms with Gasteiger partial charge >= 0.3 is 0 Å². The van der Waals surface area contributed by atoms with E-state index < -0.39 is 0 Å². The lowest BCUT2D eigenvalue weighted by Crippen LogP contribution is -2.29. The van der Waals surface area contributed by atoms with Crippen LogP contribution in [0.2, 0.25) is 5.02 Å². The lowest BCUT2D eigenvalue weighted by atomic mass is 10.1. The van der Waals surface area contributed by atoms with Crippen molar-refractivity contribution in [3.63, 3.8) is 0 Å². The van der Waals surface area contributed by atoms with E-state index in [1.54, 1.807) is 12.3 Å². The molecule has 3 nitrogen and oxygen atoms in total. The topological polar surface area (TPSA) is 36.4 Å². The molecular weight excluding hydrogens is 236 g/mol. The van der Waals surface area contributed by atoms with Gasteiger partial charge in [0.1, 0.15) is 0 Å². The highest BCUT2D eigenvalue weighted by Crippen LogP contribution is 2.23. The molecule has 1 aromatic heterocycles. The van der Waals surface area contributed by atoms with E-state index in [2.05, 4.69) is 9.88 Å². The summed E-state index contributed by atoms with van der Waals surface area (Å²) in [5, 5.41) is 9.64. The maximum absolute atomic E-state index is 8.89. The smallest absolute Gasteiger partial charge is 0.0558 e. The van der Waals surface area contributed by atoms with Gasteiger partial charge in [-0.1, -0.05) is 11.6 Å². The molecule has 1 saturated heterocycles. The Morgan fingerprint density at radius 3 is 3.18 bits per heavy atom. The second kappa shape index (κ2) is 6.34. The molecule has 0 spiro atoms. The Labute approximate surface area is 107 Å². The molecule has 1 aromatic rings. The summed E-state index contributed by atoms with van der Waals surface area (Å²) in [7, 11) is 0. The van der Waals surface area contributed by atoms with E-state index in [1.807, 2.05) is 6.07 Å². The average Bonchev–Trinajstić information content (AvgIpc) is 2.74. The fourth-order valence-corrected chi connectivity index (χ4v) is 2.68. The number of hydrogen-bond acceptors (Lipinski definition) is 3. The minimum Gasteiger partial charge on any atom is -0.396 e. The van der Waals surface area contributed by atoms with Gasteiger partial charge in [-0.15, -0.1) is 0 Å². The predicted octanol–water partition coefficient (Wildman–Crippen LogP) is 2.47. The molecule has 1 atom stereocenters. The Kier molecular flexibility index (Phi) is 4.77. The van der Waals surface area contributed by atoms with Gasteiger partial charge in [-0.25, -0.2) is 0 Å². The third-order valence-electron chi connectivity index (χ3n) is 3.34. The van der Waals surface area contributed by atoms with Gasteiger partial charge < -0.3 is 5.11 Å². The normalized spacial score (nSPS) is 20.9. The third kappa shape index (κ3) is 3.66. The first-order valence-electron chi connectivity index (χ1n) is 6.25. The van der Waals surface area contributed by atoms with Crippen molar-refractivity contribution in [2.24, 2.45) is 0 Å². The number of hydrogen-bond donors (Lipinski definition) is 1. The molecule has 1 aliphatic rings. The molecule has 0 amide bonds. The number of aliphatic hydroxyl groups is 1. The van der Waals surface area contributed by atoms with Crippen molar-refractivity contribution >= 4 is 11.6 Å². The minimum atomic E-state index is 0.291. The summed E-state index contributed by atoms with van der Waals surface area (Å²) in [6.07, 6.45) is 6.22. The van der Waals surface area contributed by atoms with Crippen LogP contribution in [-0.2, 0) is 6.54 Å². The lowest BCUT2D eigenvalue weighted by molar-refractivity contribution is 0.208. The van der Waals surface area contributed by atoms with Crippen LogP contribution in [0.4, 0.5) is 0 Å². The first-order valence-corrected chi connectivity index (χ1v) is 6.63. The van der Waals surface area contributed by atoms with Crippen LogP contribution in [0.5, 0.6) is 0 Å². The number of pyridine rings is 1. The van der Waals surface area contributed by atoms with Crippen molar-refractivity contribution in [2.45, 2.75) is 38.3 Å². The quantitative estimate of drug-likeness (QED) is 0.877. The van der Waals surface area contributed by atoms with E-state index in [0.29, 0.717) is 12.6 Å². The monoisotopic (exact) mass is 254 g/mol. The molecular formula is C13H19ClN2O. The first-order chi connectivity index (χ1) is 8.29. The second-order valence-electron chi connectivity index (χ2n) is 4.60. The van der Waals surface area contributed by atoms with Crippen LogP contribution in [0.1, 0.15) is 31.4 Å². The van der Waals surface area contributed by atoms with Gasteiger partial charge in [0, 0.05) is 30.4 Å².